The average Bonchev–Trinajstić information content (AvgIpc) is 3.43. The van der Waals surface area contributed by atoms with Crippen LogP contribution in [0.15, 0.2) is 67.0 Å². The number of alkyl halides is 3. The summed E-state index contributed by atoms with van der Waals surface area (Å²) in [5.74, 6) is -2.99. The van der Waals surface area contributed by atoms with E-state index in [1.807, 2.05) is 0 Å². The van der Waals surface area contributed by atoms with Crippen LogP contribution in [-0.2, 0) is 32.9 Å². The third-order valence-corrected chi connectivity index (χ3v) is 7.38. The molecular weight excluding hydrogens is 560 g/mol. The molecule has 3 aromatic rings. The van der Waals surface area contributed by atoms with E-state index in [1.54, 1.807) is 18.2 Å². The van der Waals surface area contributed by atoms with Gasteiger partial charge in [0.15, 0.2) is 0 Å². The molecule has 13 heteroatoms. The molecule has 1 fully saturated rings. The number of carbonyl (C=O) groups is 4. The Bertz CT molecular complexity index is 1550. The van der Waals surface area contributed by atoms with Crippen molar-refractivity contribution >= 4 is 29.5 Å². The lowest BCUT2D eigenvalue weighted by molar-refractivity contribution is -0.187. The molecule has 1 spiro atoms. The van der Waals surface area contributed by atoms with Gasteiger partial charge in [0, 0.05) is 42.2 Å². The minimum absolute atomic E-state index is 0.0532. The highest BCUT2D eigenvalue weighted by Gasteiger charge is 2.58. The highest BCUT2D eigenvalue weighted by molar-refractivity contribution is 6.07. The van der Waals surface area contributed by atoms with E-state index in [1.165, 1.54) is 36.7 Å². The van der Waals surface area contributed by atoms with Crippen molar-refractivity contribution in [2.45, 2.75) is 44.1 Å². The van der Waals surface area contributed by atoms with Crippen LogP contribution in [0.25, 0.3) is 0 Å². The second kappa shape index (κ2) is 10.9. The topological polar surface area (TPSA) is 109 Å². The number of carbonyl (C=O) groups excluding carboxylic acids is 4. The summed E-state index contributed by atoms with van der Waals surface area (Å²) in [5, 5.41) is 2.75. The largest absolute Gasteiger partial charge is 0.427 e. The van der Waals surface area contributed by atoms with Crippen LogP contribution >= 0.6 is 0 Å². The van der Waals surface area contributed by atoms with E-state index in [0.717, 1.165) is 19.1 Å². The smallest absolute Gasteiger partial charge is 0.418 e. The van der Waals surface area contributed by atoms with Crippen molar-refractivity contribution in [3.8, 4) is 0 Å². The molecule has 2 aromatic carbocycles. The number of amides is 4. The second-order valence-electron chi connectivity index (χ2n) is 10.0. The second-order valence-corrected chi connectivity index (χ2v) is 10.0. The summed E-state index contributed by atoms with van der Waals surface area (Å²) in [6.07, 6.45) is -2.65. The van der Waals surface area contributed by atoms with E-state index in [-0.39, 0.29) is 17.9 Å². The number of aromatic nitrogens is 1. The number of fused-ring (bicyclic) bond motifs is 2. The molecule has 0 bridgehead atoms. The van der Waals surface area contributed by atoms with Gasteiger partial charge < -0.3 is 15.0 Å². The minimum Gasteiger partial charge on any atom is -0.427 e. The van der Waals surface area contributed by atoms with Gasteiger partial charge in [-0.05, 0) is 60.9 Å². The first kappa shape index (κ1) is 28.7. The molecule has 218 valence electrons. The van der Waals surface area contributed by atoms with Gasteiger partial charge in [0.2, 0.25) is 11.5 Å². The highest BCUT2D eigenvalue weighted by atomic mass is 19.4. The third kappa shape index (κ3) is 5.41. The summed E-state index contributed by atoms with van der Waals surface area (Å²) < 4.78 is 59.8. The molecule has 4 amide bonds. The van der Waals surface area contributed by atoms with Gasteiger partial charge in [-0.15, -0.1) is 0 Å². The van der Waals surface area contributed by atoms with Crippen LogP contribution in [0.4, 0.5) is 28.0 Å². The molecule has 0 radical (unpaired) electrons. The first-order valence-corrected chi connectivity index (χ1v) is 12.9. The van der Waals surface area contributed by atoms with Gasteiger partial charge in [-0.1, -0.05) is 18.2 Å². The first-order valence-electron chi connectivity index (χ1n) is 12.9. The van der Waals surface area contributed by atoms with Gasteiger partial charge in [0.05, 0.1) is 0 Å². The number of pyridine rings is 1. The minimum atomic E-state index is -4.80. The summed E-state index contributed by atoms with van der Waals surface area (Å²) in [7, 11) is 0. The summed E-state index contributed by atoms with van der Waals surface area (Å²) >= 11 is 0. The monoisotopic (exact) mass is 584 g/mol. The lowest BCUT2D eigenvalue weighted by atomic mass is 9.94. The fourth-order valence-corrected chi connectivity index (χ4v) is 5.07. The van der Waals surface area contributed by atoms with Gasteiger partial charge in [0.1, 0.15) is 18.4 Å². The maximum Gasteiger partial charge on any atom is 0.418 e. The van der Waals surface area contributed by atoms with Crippen molar-refractivity contribution in [3.63, 3.8) is 0 Å². The zero-order chi connectivity index (χ0) is 30.2. The lowest BCUT2D eigenvalue weighted by Crippen LogP contribution is -2.51. The number of imide groups is 1. The Kier molecular flexibility index (Phi) is 7.43. The Labute approximate surface area is 237 Å². The Morgan fingerprint density at radius 2 is 1.79 bits per heavy atom. The van der Waals surface area contributed by atoms with Crippen molar-refractivity contribution in [2.75, 3.05) is 11.9 Å². The first-order chi connectivity index (χ1) is 19.9. The summed E-state index contributed by atoms with van der Waals surface area (Å²) in [4.78, 5) is 56.9. The highest BCUT2D eigenvalue weighted by Crippen LogP contribution is 2.46. The van der Waals surface area contributed by atoms with Crippen LogP contribution in [-0.4, -0.2) is 57.4 Å². The number of nitrogens with one attached hydrogen (secondary N) is 1. The third-order valence-electron chi connectivity index (χ3n) is 7.38. The lowest BCUT2D eigenvalue weighted by Gasteiger charge is -2.31. The number of hydrogen-bond donors (Lipinski definition) is 1. The maximum absolute atomic E-state index is 13.7. The fraction of sp³-hybridized carbons (Fsp3) is 0.276. The molecule has 1 aromatic heterocycles. The molecule has 1 N–H and O–H groups in total. The van der Waals surface area contributed by atoms with Gasteiger partial charge in [-0.3, -0.25) is 19.4 Å². The normalized spacial score (nSPS) is 18.5. The number of hydrogen-bond acceptors (Lipinski definition) is 6. The van der Waals surface area contributed by atoms with Gasteiger partial charge in [-0.2, -0.15) is 13.2 Å². The quantitative estimate of drug-likeness (QED) is 0.408. The Morgan fingerprint density at radius 3 is 2.45 bits per heavy atom. The number of halogens is 4. The molecule has 2 heterocycles. The van der Waals surface area contributed by atoms with Crippen LogP contribution in [0.3, 0.4) is 0 Å². The van der Waals surface area contributed by atoms with E-state index < -0.39 is 54.6 Å². The van der Waals surface area contributed by atoms with Crippen molar-refractivity contribution in [1.82, 2.24) is 14.8 Å². The van der Waals surface area contributed by atoms with Crippen LogP contribution in [0.5, 0.6) is 0 Å². The predicted octanol–water partition coefficient (Wildman–Crippen LogP) is 4.57. The molecule has 1 aliphatic carbocycles. The summed E-state index contributed by atoms with van der Waals surface area (Å²) in [6, 6.07) is 10.1. The molecule has 2 atom stereocenters. The number of benzene rings is 2. The van der Waals surface area contributed by atoms with E-state index in [0.29, 0.717) is 38.6 Å². The zero-order valence-electron chi connectivity index (χ0n) is 22.2. The van der Waals surface area contributed by atoms with Crippen molar-refractivity contribution in [3.05, 3.63) is 95.1 Å². The molecule has 1 saturated heterocycles. The number of nitrogens with zero attached hydrogens (tertiary/aromatic N) is 3. The molecule has 0 saturated carbocycles. The van der Waals surface area contributed by atoms with Crippen LogP contribution in [0.2, 0.25) is 0 Å². The number of rotatable bonds is 7. The molecule has 9 nitrogen and oxygen atoms in total. The van der Waals surface area contributed by atoms with Crippen LogP contribution in [0.1, 0.15) is 40.4 Å². The van der Waals surface area contributed by atoms with E-state index in [2.05, 4.69) is 10.3 Å². The van der Waals surface area contributed by atoms with E-state index in [4.69, 9.17) is 4.74 Å². The fourth-order valence-electron chi connectivity index (χ4n) is 5.07. The van der Waals surface area contributed by atoms with Crippen LogP contribution < -0.4 is 5.32 Å². The Balaban J connectivity index is 1.34. The van der Waals surface area contributed by atoms with Gasteiger partial charge in [0.25, 0.3) is 11.8 Å². The van der Waals surface area contributed by atoms with Crippen molar-refractivity contribution < 1.29 is 41.5 Å². The molecule has 1 unspecified atom stereocenters. The number of ether oxygens (including phenoxy) is 1. The Morgan fingerprint density at radius 1 is 1.10 bits per heavy atom. The van der Waals surface area contributed by atoms with Crippen molar-refractivity contribution in [2.24, 2.45) is 0 Å². The average molecular weight is 585 g/mol. The molecule has 1 aliphatic heterocycles. The summed E-state index contributed by atoms with van der Waals surface area (Å²) in [5.41, 5.74) is 0.302. The Hall–Kier alpha value is -4.81. The standard InChI is InChI=1S/C29H24F4N4O5/c1-17(29(31,32)33)36(15-18-2-4-21(30)5-3-18)24(38)16-37-26(40)28(42-27(37)41)11-8-20-14-22(6-7-23(20)28)35-25(39)19-9-12-34-13-10-19/h2-7,9-10,12-14,17H,8,11,15-16H2,1H3,(H,35,39)/t17?,28-/m1/s1. The van der Waals surface area contributed by atoms with Crippen molar-refractivity contribution in [1.29, 1.82) is 0 Å². The van der Waals surface area contributed by atoms with E-state index in [9.17, 15) is 36.7 Å². The van der Waals surface area contributed by atoms with Gasteiger partial charge >= 0.3 is 12.3 Å². The zero-order valence-corrected chi connectivity index (χ0v) is 22.2. The molecule has 42 heavy (non-hydrogen) atoms. The van der Waals surface area contributed by atoms with E-state index >= 15 is 0 Å². The number of anilines is 1. The molecule has 2 aliphatic rings. The molecular formula is C29H24F4N4O5. The maximum atomic E-state index is 13.7. The SMILES string of the molecule is CC(N(Cc1ccc(F)cc1)C(=O)CN1C(=O)O[C@@]2(CCc3cc(NC(=O)c4ccncc4)ccc32)C1=O)C(F)(F)F. The predicted molar refractivity (Wildman–Crippen MR) is 139 cm³/mol. The number of aryl methyl sites for hydroxylation is 1. The van der Waals surface area contributed by atoms with Gasteiger partial charge in [-0.25, -0.2) is 14.1 Å². The van der Waals surface area contributed by atoms with Crippen LogP contribution in [0, 0.1) is 5.82 Å². The summed E-state index contributed by atoms with van der Waals surface area (Å²) in [6.45, 7) is -0.722. The molecule has 5 rings (SSSR count).